The highest BCUT2D eigenvalue weighted by Crippen LogP contribution is 2.46. The number of halogens is 3. The predicted octanol–water partition coefficient (Wildman–Crippen LogP) is 5.80. The lowest BCUT2D eigenvalue weighted by atomic mass is 10.2. The number of alkyl halides is 3. The molecular weight excluding hydrogens is 588 g/mol. The van der Waals surface area contributed by atoms with E-state index in [-0.39, 0.29) is 22.2 Å². The fourth-order valence-electron chi connectivity index (χ4n) is 4.14. The molecule has 0 radical (unpaired) electrons. The third-order valence-electron chi connectivity index (χ3n) is 5.96. The van der Waals surface area contributed by atoms with Gasteiger partial charge in [0.15, 0.2) is 12.7 Å². The predicted molar refractivity (Wildman–Crippen MR) is 155 cm³/mol. The van der Waals surface area contributed by atoms with Crippen LogP contribution in [0.4, 0.5) is 18.9 Å². The number of benzene rings is 2. The van der Waals surface area contributed by atoms with E-state index in [0.29, 0.717) is 23.2 Å². The van der Waals surface area contributed by atoms with Crippen molar-refractivity contribution < 1.29 is 17.7 Å². The van der Waals surface area contributed by atoms with Gasteiger partial charge in [-0.05, 0) is 49.2 Å². The number of hydrogen-bond donors (Lipinski definition) is 0. The van der Waals surface area contributed by atoms with Crippen LogP contribution in [0, 0.1) is 0 Å². The van der Waals surface area contributed by atoms with E-state index < -0.39 is 5.51 Å². The van der Waals surface area contributed by atoms with E-state index in [1.807, 2.05) is 42.4 Å². The second-order valence-corrected chi connectivity index (χ2v) is 13.3. The molecule has 3 heterocycles. The van der Waals surface area contributed by atoms with Crippen molar-refractivity contribution >= 4 is 74.8 Å². The summed E-state index contributed by atoms with van der Waals surface area (Å²) in [7, 11) is 1.98. The van der Waals surface area contributed by atoms with Gasteiger partial charge in [-0.3, -0.25) is 9.36 Å². The van der Waals surface area contributed by atoms with E-state index in [0.717, 1.165) is 25.3 Å². The Labute approximate surface area is 238 Å². The molecule has 0 amide bonds. The summed E-state index contributed by atoms with van der Waals surface area (Å²) in [4.78, 5) is 18.0. The van der Waals surface area contributed by atoms with E-state index >= 15 is 0 Å². The molecule has 0 atom stereocenters. The Morgan fingerprint density at radius 1 is 1.16 bits per heavy atom. The van der Waals surface area contributed by atoms with Gasteiger partial charge in [0.1, 0.15) is 14.2 Å². The maximum absolute atomic E-state index is 13.5. The Kier molecular flexibility index (Phi) is 8.07. The first-order valence-corrected chi connectivity index (χ1v) is 16.1. The number of nitrogens with zero attached hydrogens (tertiary/aromatic N) is 3. The molecule has 0 spiro atoms. The van der Waals surface area contributed by atoms with E-state index in [2.05, 4.69) is 23.1 Å². The first-order chi connectivity index (χ1) is 18.2. The average molecular weight is 611 g/mol. The van der Waals surface area contributed by atoms with Gasteiger partial charge in [0, 0.05) is 33.8 Å². The second kappa shape index (κ2) is 11.2. The molecule has 198 valence electrons. The minimum absolute atomic E-state index is 0.0361. The van der Waals surface area contributed by atoms with Crippen molar-refractivity contribution in [3.05, 3.63) is 84.2 Å². The van der Waals surface area contributed by atoms with Gasteiger partial charge in [-0.2, -0.15) is 17.7 Å². The van der Waals surface area contributed by atoms with Crippen molar-refractivity contribution in [2.24, 2.45) is 0 Å². The zero-order valence-electron chi connectivity index (χ0n) is 20.6. The zero-order chi connectivity index (χ0) is 27.0. The van der Waals surface area contributed by atoms with Crippen LogP contribution in [0.1, 0.15) is 17.5 Å². The molecule has 2 aromatic heterocycles. The minimum atomic E-state index is -4.35. The summed E-state index contributed by atoms with van der Waals surface area (Å²) >= 11 is 6.14. The van der Waals surface area contributed by atoms with E-state index in [1.165, 1.54) is 33.6 Å². The minimum Gasteiger partial charge on any atom is -0.337 e. The summed E-state index contributed by atoms with van der Waals surface area (Å²) in [5.74, 6) is 0. The van der Waals surface area contributed by atoms with E-state index in [4.69, 9.17) is 0 Å². The normalized spacial score (nSPS) is 15.4. The van der Waals surface area contributed by atoms with Crippen LogP contribution in [0.25, 0.3) is 11.1 Å². The summed E-state index contributed by atoms with van der Waals surface area (Å²) in [6, 6.07) is 12.9. The smallest absolute Gasteiger partial charge is 0.337 e. The van der Waals surface area contributed by atoms with Gasteiger partial charge in [-0.1, -0.05) is 41.3 Å². The molecule has 12 heteroatoms. The maximum Gasteiger partial charge on any atom is 0.446 e. The van der Waals surface area contributed by atoms with E-state index in [9.17, 15) is 18.0 Å². The monoisotopic (exact) mass is 610 g/mol. The lowest BCUT2D eigenvalue weighted by Gasteiger charge is -2.12. The Morgan fingerprint density at radius 2 is 1.95 bits per heavy atom. The number of thiazole rings is 2. The van der Waals surface area contributed by atoms with Crippen molar-refractivity contribution in [2.45, 2.75) is 40.2 Å². The van der Waals surface area contributed by atoms with Crippen molar-refractivity contribution in [1.82, 2.24) is 4.57 Å². The first-order valence-electron chi connectivity index (χ1n) is 11.5. The van der Waals surface area contributed by atoms with Gasteiger partial charge in [0.05, 0.1) is 17.1 Å². The van der Waals surface area contributed by atoms with Crippen LogP contribution in [0.15, 0.2) is 73.5 Å². The molecule has 2 aromatic carbocycles. The van der Waals surface area contributed by atoms with Gasteiger partial charge >= 0.3 is 5.51 Å². The summed E-state index contributed by atoms with van der Waals surface area (Å²) in [6.45, 7) is 2.76. The number of anilines is 1. The highest BCUT2D eigenvalue weighted by Gasteiger charge is 2.31. The van der Waals surface area contributed by atoms with Crippen molar-refractivity contribution in [3.63, 3.8) is 0 Å². The molecular formula is C26H23F3N3OS5+. The van der Waals surface area contributed by atoms with Crippen LogP contribution in [-0.4, -0.2) is 23.4 Å². The number of hydrogen-bond acceptors (Lipinski definition) is 7. The molecule has 1 aliphatic rings. The van der Waals surface area contributed by atoms with Gasteiger partial charge in [0.2, 0.25) is 0 Å². The Bertz CT molecular complexity index is 1670. The summed E-state index contributed by atoms with van der Waals surface area (Å²) in [5.41, 5.74) is -2.72. The molecule has 0 aliphatic carbocycles. The van der Waals surface area contributed by atoms with Gasteiger partial charge in [0.25, 0.3) is 10.6 Å². The Morgan fingerprint density at radius 3 is 2.68 bits per heavy atom. The highest BCUT2D eigenvalue weighted by atomic mass is 32.2. The Balaban J connectivity index is 1.55. The topological polar surface area (TPSA) is 29.1 Å². The molecule has 0 unspecified atom stereocenters. The van der Waals surface area contributed by atoms with Crippen LogP contribution < -0.4 is 24.2 Å². The highest BCUT2D eigenvalue weighted by molar-refractivity contribution is 8.08. The third kappa shape index (κ3) is 5.60. The first kappa shape index (κ1) is 27.4. The molecule has 0 saturated carbocycles. The summed E-state index contributed by atoms with van der Waals surface area (Å²) < 4.78 is 44.4. The average Bonchev–Trinajstić information content (AvgIpc) is 3.54. The molecule has 0 N–H and O–H groups in total. The molecule has 0 bridgehead atoms. The standard InChI is InChI=1S/C26H23F3N3OS5/c1-4-32-22(37-23(24(32)33)25-30(2)18-10-9-17(34-3)13-20(18)36-25)14-21-31(11-12-35-21)15-16-7-5-6-8-19(16)38-26(27,28)29/h5-14H,4,15H2,1-3H3/q+1/b25-23+. The zero-order valence-corrected chi connectivity index (χ0v) is 24.7. The maximum atomic E-state index is 13.5. The summed E-state index contributed by atoms with van der Waals surface area (Å²) in [6.07, 6.45) is 5.87. The van der Waals surface area contributed by atoms with Gasteiger partial charge in [-0.15, -0.1) is 23.1 Å². The van der Waals surface area contributed by atoms with Crippen LogP contribution in [0.5, 0.6) is 0 Å². The lowest BCUT2D eigenvalue weighted by molar-refractivity contribution is -0.685. The molecule has 38 heavy (non-hydrogen) atoms. The third-order valence-corrected chi connectivity index (χ3v) is 10.9. The summed E-state index contributed by atoms with van der Waals surface area (Å²) in [5, 5.41) is 3.67. The quantitative estimate of drug-likeness (QED) is 0.204. The fourth-order valence-corrected chi connectivity index (χ4v) is 8.67. The molecule has 0 saturated heterocycles. The molecule has 5 rings (SSSR count). The fraction of sp³-hybridized carbons (Fsp3) is 0.231. The van der Waals surface area contributed by atoms with Crippen molar-refractivity contribution in [2.75, 3.05) is 18.2 Å². The second-order valence-electron chi connectivity index (χ2n) is 8.29. The number of aromatic nitrogens is 2. The SMILES string of the molecule is CCn1c(=O)/c(=C2\Sc3cc(SC)ccc3N2C)s/c1=C\c1scc[n+]1Cc1ccccc1SC(F)(F)F. The number of rotatable bonds is 6. The lowest BCUT2D eigenvalue weighted by Crippen LogP contribution is -2.36. The molecule has 4 aromatic rings. The van der Waals surface area contributed by atoms with Gasteiger partial charge < -0.3 is 4.90 Å². The Hall–Kier alpha value is -2.12. The van der Waals surface area contributed by atoms with Gasteiger partial charge in [-0.25, -0.2) is 0 Å². The van der Waals surface area contributed by atoms with Crippen LogP contribution in [0.3, 0.4) is 0 Å². The van der Waals surface area contributed by atoms with Crippen molar-refractivity contribution in [1.29, 1.82) is 0 Å². The van der Waals surface area contributed by atoms with Crippen LogP contribution in [0.2, 0.25) is 0 Å². The van der Waals surface area contributed by atoms with Crippen molar-refractivity contribution in [3.8, 4) is 0 Å². The molecule has 1 aliphatic heterocycles. The van der Waals surface area contributed by atoms with Crippen LogP contribution in [-0.2, 0) is 13.1 Å². The molecule has 4 nitrogen and oxygen atoms in total. The van der Waals surface area contributed by atoms with Crippen LogP contribution >= 0.6 is 58.0 Å². The number of fused-ring (bicyclic) bond motifs is 1. The number of thioether (sulfide) groups is 3. The largest absolute Gasteiger partial charge is 0.446 e. The van der Waals surface area contributed by atoms with E-state index in [1.54, 1.807) is 46.3 Å². The molecule has 0 fully saturated rings.